The third-order valence-electron chi connectivity index (χ3n) is 5.63. The number of carbonyl (C=O) groups is 1. The summed E-state index contributed by atoms with van der Waals surface area (Å²) in [4.78, 5) is 12.5. The number of hydrogen-bond acceptors (Lipinski definition) is 4. The van der Waals surface area contributed by atoms with Gasteiger partial charge in [0, 0.05) is 23.8 Å². The number of carbonyl (C=O) groups excluding carboxylic acids is 1. The molecule has 5 rings (SSSR count). The summed E-state index contributed by atoms with van der Waals surface area (Å²) in [5.41, 5.74) is 2.57. The number of nitrogens with one attached hydrogen (secondary N) is 2. The van der Waals surface area contributed by atoms with E-state index in [2.05, 4.69) is 10.6 Å². The molecule has 5 heteroatoms. The predicted molar refractivity (Wildman–Crippen MR) is 103 cm³/mol. The summed E-state index contributed by atoms with van der Waals surface area (Å²) in [6, 6.07) is 15.7. The lowest BCUT2D eigenvalue weighted by molar-refractivity contribution is 0.0160. The fourth-order valence-electron chi connectivity index (χ4n) is 3.84. The molecule has 2 aromatic carbocycles. The molecule has 3 atom stereocenters. The van der Waals surface area contributed by atoms with E-state index in [0.717, 1.165) is 42.5 Å². The van der Waals surface area contributed by atoms with Gasteiger partial charge in [0.05, 0.1) is 18.8 Å². The maximum absolute atomic E-state index is 12.5. The Hall–Kier alpha value is -2.37. The highest BCUT2D eigenvalue weighted by molar-refractivity contribution is 6.04. The van der Waals surface area contributed by atoms with Crippen LogP contribution in [0.3, 0.4) is 0 Å². The molecule has 2 bridgehead atoms. The number of anilines is 1. The standard InChI is InChI=1S/C22H24N2O3/c25-22(16-5-9-18(10-6-16)26-13-14-1-2-14)24-17-7-3-15(4-8-17)21-20-11-19(27-21)12-23-20/h3-10,14,19-21,23H,1-2,11-13H2,(H,24,25)/t19?,20?,21-/m1/s1. The SMILES string of the molecule is O=C(Nc1ccc([C@H]2OC3CNC2C3)cc1)c1ccc(OCC2CC2)cc1. The number of benzene rings is 2. The van der Waals surface area contributed by atoms with Crippen LogP contribution in [0.4, 0.5) is 5.69 Å². The molecule has 0 spiro atoms. The van der Waals surface area contributed by atoms with Gasteiger partial charge in [0.2, 0.25) is 0 Å². The summed E-state index contributed by atoms with van der Waals surface area (Å²) in [6.45, 7) is 1.74. The van der Waals surface area contributed by atoms with Crippen LogP contribution in [0.25, 0.3) is 0 Å². The average Bonchev–Trinajstić information content (AvgIpc) is 3.29. The van der Waals surface area contributed by atoms with E-state index in [4.69, 9.17) is 9.47 Å². The van der Waals surface area contributed by atoms with E-state index < -0.39 is 0 Å². The Balaban J connectivity index is 1.19. The van der Waals surface area contributed by atoms with Gasteiger partial charge in [-0.3, -0.25) is 4.79 Å². The summed E-state index contributed by atoms with van der Waals surface area (Å²) >= 11 is 0. The molecular weight excluding hydrogens is 340 g/mol. The molecule has 2 aromatic rings. The van der Waals surface area contributed by atoms with Crippen LogP contribution in [0.15, 0.2) is 48.5 Å². The van der Waals surface area contributed by atoms with Crippen molar-refractivity contribution in [2.24, 2.45) is 5.92 Å². The second kappa shape index (κ2) is 6.98. The highest BCUT2D eigenvalue weighted by Gasteiger charge is 2.41. The van der Waals surface area contributed by atoms with Gasteiger partial charge in [-0.15, -0.1) is 0 Å². The Kier molecular flexibility index (Phi) is 4.34. The fourth-order valence-corrected chi connectivity index (χ4v) is 3.84. The van der Waals surface area contributed by atoms with Gasteiger partial charge in [0.25, 0.3) is 5.91 Å². The number of morpholine rings is 1. The number of rotatable bonds is 6. The number of hydrogen-bond donors (Lipinski definition) is 2. The van der Waals surface area contributed by atoms with E-state index in [1.165, 1.54) is 12.8 Å². The predicted octanol–water partition coefficient (Wildman–Crippen LogP) is 3.53. The van der Waals surface area contributed by atoms with Crippen LogP contribution in [0.1, 0.15) is 41.3 Å². The zero-order chi connectivity index (χ0) is 18.2. The second-order valence-electron chi connectivity index (χ2n) is 7.78. The minimum Gasteiger partial charge on any atom is -0.493 e. The monoisotopic (exact) mass is 364 g/mol. The fraction of sp³-hybridized carbons (Fsp3) is 0.409. The summed E-state index contributed by atoms with van der Waals surface area (Å²) in [6.07, 6.45) is 4.09. The molecule has 0 radical (unpaired) electrons. The molecule has 3 fully saturated rings. The summed E-state index contributed by atoms with van der Waals surface area (Å²) < 4.78 is 11.7. The van der Waals surface area contributed by atoms with Crippen molar-refractivity contribution in [3.8, 4) is 5.75 Å². The first-order valence-electron chi connectivity index (χ1n) is 9.77. The topological polar surface area (TPSA) is 59.6 Å². The molecule has 0 aromatic heterocycles. The molecule has 140 valence electrons. The van der Waals surface area contributed by atoms with Crippen molar-refractivity contribution in [2.75, 3.05) is 18.5 Å². The van der Waals surface area contributed by atoms with Crippen LogP contribution in [0, 0.1) is 5.92 Å². The van der Waals surface area contributed by atoms with Crippen molar-refractivity contribution in [3.63, 3.8) is 0 Å². The van der Waals surface area contributed by atoms with E-state index >= 15 is 0 Å². The van der Waals surface area contributed by atoms with Gasteiger partial charge >= 0.3 is 0 Å². The van der Waals surface area contributed by atoms with Crippen molar-refractivity contribution in [3.05, 3.63) is 59.7 Å². The molecule has 1 aliphatic carbocycles. The van der Waals surface area contributed by atoms with Crippen molar-refractivity contribution in [2.45, 2.75) is 37.5 Å². The highest BCUT2D eigenvalue weighted by atomic mass is 16.5. The second-order valence-corrected chi connectivity index (χ2v) is 7.78. The van der Waals surface area contributed by atoms with Crippen molar-refractivity contribution in [1.29, 1.82) is 0 Å². The van der Waals surface area contributed by atoms with Crippen LogP contribution in [0.2, 0.25) is 0 Å². The molecule has 2 unspecified atom stereocenters. The van der Waals surface area contributed by atoms with Crippen molar-refractivity contribution < 1.29 is 14.3 Å². The van der Waals surface area contributed by atoms with Gasteiger partial charge in [-0.2, -0.15) is 0 Å². The van der Waals surface area contributed by atoms with Crippen molar-refractivity contribution in [1.82, 2.24) is 5.32 Å². The van der Waals surface area contributed by atoms with Crippen LogP contribution >= 0.6 is 0 Å². The quantitative estimate of drug-likeness (QED) is 0.823. The Labute approximate surface area is 159 Å². The Morgan fingerprint density at radius 2 is 1.89 bits per heavy atom. The third kappa shape index (κ3) is 3.70. The molecule has 2 saturated heterocycles. The maximum atomic E-state index is 12.5. The minimum atomic E-state index is -0.116. The third-order valence-corrected chi connectivity index (χ3v) is 5.63. The lowest BCUT2D eigenvalue weighted by atomic mass is 10.0. The lowest BCUT2D eigenvalue weighted by Crippen LogP contribution is -2.33. The molecule has 5 nitrogen and oxygen atoms in total. The summed E-state index contributed by atoms with van der Waals surface area (Å²) in [7, 11) is 0. The van der Waals surface area contributed by atoms with Gasteiger partial charge in [-0.05, 0) is 67.1 Å². The normalized spacial score (nSPS) is 26.1. The first-order chi connectivity index (χ1) is 13.2. The summed E-state index contributed by atoms with van der Waals surface area (Å²) in [5.74, 6) is 1.42. The van der Waals surface area contributed by atoms with Gasteiger partial charge in [0.1, 0.15) is 5.75 Å². The molecule has 1 amide bonds. The van der Waals surface area contributed by atoms with Crippen molar-refractivity contribution >= 4 is 11.6 Å². The average molecular weight is 364 g/mol. The summed E-state index contributed by atoms with van der Waals surface area (Å²) in [5, 5.41) is 6.44. The molecule has 2 N–H and O–H groups in total. The van der Waals surface area contributed by atoms with E-state index in [0.29, 0.717) is 17.7 Å². The molecule has 27 heavy (non-hydrogen) atoms. The molecule has 2 aliphatic heterocycles. The number of ether oxygens (including phenoxy) is 2. The minimum absolute atomic E-state index is 0.116. The van der Waals surface area contributed by atoms with E-state index in [9.17, 15) is 4.79 Å². The lowest BCUT2D eigenvalue weighted by Gasteiger charge is -2.23. The molecule has 2 heterocycles. The van der Waals surface area contributed by atoms with Crippen LogP contribution in [-0.2, 0) is 4.74 Å². The molecule has 1 saturated carbocycles. The largest absolute Gasteiger partial charge is 0.493 e. The molecular formula is C22H24N2O3. The zero-order valence-corrected chi connectivity index (χ0v) is 15.2. The first kappa shape index (κ1) is 16.8. The Morgan fingerprint density at radius 1 is 1.11 bits per heavy atom. The van der Waals surface area contributed by atoms with Crippen LogP contribution in [0.5, 0.6) is 5.75 Å². The highest BCUT2D eigenvalue weighted by Crippen LogP contribution is 2.37. The molecule has 3 aliphatic rings. The number of fused-ring (bicyclic) bond motifs is 2. The van der Waals surface area contributed by atoms with Crippen LogP contribution in [-0.4, -0.2) is 31.2 Å². The first-order valence-corrected chi connectivity index (χ1v) is 9.77. The number of amides is 1. The van der Waals surface area contributed by atoms with E-state index in [1.807, 2.05) is 36.4 Å². The van der Waals surface area contributed by atoms with Gasteiger partial charge in [0.15, 0.2) is 0 Å². The van der Waals surface area contributed by atoms with Gasteiger partial charge < -0.3 is 20.1 Å². The Morgan fingerprint density at radius 3 is 2.52 bits per heavy atom. The van der Waals surface area contributed by atoms with Crippen LogP contribution < -0.4 is 15.4 Å². The van der Waals surface area contributed by atoms with E-state index in [-0.39, 0.29) is 12.0 Å². The smallest absolute Gasteiger partial charge is 0.255 e. The van der Waals surface area contributed by atoms with E-state index in [1.54, 1.807) is 12.1 Å². The zero-order valence-electron chi connectivity index (χ0n) is 15.2. The van der Waals surface area contributed by atoms with Gasteiger partial charge in [-0.25, -0.2) is 0 Å². The van der Waals surface area contributed by atoms with Gasteiger partial charge in [-0.1, -0.05) is 12.1 Å². The Bertz CT molecular complexity index is 814. The maximum Gasteiger partial charge on any atom is 0.255 e.